The van der Waals surface area contributed by atoms with Crippen molar-refractivity contribution in [3.8, 4) is 23.0 Å². The van der Waals surface area contributed by atoms with Crippen molar-refractivity contribution in [2.24, 2.45) is 0 Å². The van der Waals surface area contributed by atoms with Gasteiger partial charge in [-0.15, -0.1) is 0 Å². The lowest BCUT2D eigenvalue weighted by molar-refractivity contribution is -0.139. The topological polar surface area (TPSA) is 70.8 Å². The number of ether oxygens (including phenoxy) is 3. The predicted molar refractivity (Wildman–Crippen MR) is 105 cm³/mol. The molecule has 0 N–H and O–H groups in total. The fraction of sp³-hybridized carbons (Fsp3) is 0.182. The first-order valence-electron chi connectivity index (χ1n) is 8.69. The highest BCUT2D eigenvalue weighted by molar-refractivity contribution is 5.87. The largest absolute Gasteiger partial charge is 0.493 e. The van der Waals surface area contributed by atoms with Crippen molar-refractivity contribution in [3.63, 3.8) is 0 Å². The molecule has 0 unspecified atom stereocenters. The van der Waals surface area contributed by atoms with Crippen LogP contribution < -0.4 is 9.47 Å². The molecule has 6 heteroatoms. The lowest BCUT2D eigenvalue weighted by Gasteiger charge is -2.07. The Hall–Kier alpha value is -3.54. The van der Waals surface area contributed by atoms with Gasteiger partial charge in [-0.25, -0.2) is 9.78 Å². The molecule has 0 radical (unpaired) electrons. The van der Waals surface area contributed by atoms with Crippen LogP contribution in [0.25, 0.3) is 17.5 Å². The molecule has 0 saturated carbocycles. The van der Waals surface area contributed by atoms with Gasteiger partial charge in [-0.2, -0.15) is 0 Å². The summed E-state index contributed by atoms with van der Waals surface area (Å²) in [7, 11) is 3.13. The van der Waals surface area contributed by atoms with Crippen LogP contribution >= 0.6 is 0 Å². The first kappa shape index (κ1) is 19.2. The number of carbonyl (C=O) groups excluding carboxylic acids is 1. The first-order valence-corrected chi connectivity index (χ1v) is 8.69. The standard InChI is InChI=1S/C22H21NO5/c1-15-18(23-22(28-15)17-7-5-4-6-8-17)14-27-21(24)12-10-16-9-11-19(25-2)20(13-16)26-3/h4-13H,14H2,1-3H3/b12-10+. The van der Waals surface area contributed by atoms with Crippen LogP contribution in [0, 0.1) is 6.92 Å². The maximum atomic E-state index is 12.0. The number of rotatable bonds is 7. The fourth-order valence-corrected chi connectivity index (χ4v) is 2.57. The smallest absolute Gasteiger partial charge is 0.331 e. The third-order valence-electron chi connectivity index (χ3n) is 4.08. The summed E-state index contributed by atoms with van der Waals surface area (Å²) in [5, 5.41) is 0. The van der Waals surface area contributed by atoms with Crippen molar-refractivity contribution in [1.82, 2.24) is 4.98 Å². The highest BCUT2D eigenvalue weighted by Gasteiger charge is 2.12. The number of carbonyl (C=O) groups is 1. The van der Waals surface area contributed by atoms with Gasteiger partial charge >= 0.3 is 5.97 Å². The van der Waals surface area contributed by atoms with Crippen LogP contribution in [0.5, 0.6) is 11.5 Å². The van der Waals surface area contributed by atoms with E-state index in [1.807, 2.05) is 36.4 Å². The van der Waals surface area contributed by atoms with E-state index in [4.69, 9.17) is 18.6 Å². The van der Waals surface area contributed by atoms with Gasteiger partial charge in [0.2, 0.25) is 5.89 Å². The Morgan fingerprint density at radius 1 is 1.07 bits per heavy atom. The molecule has 6 nitrogen and oxygen atoms in total. The molecule has 0 saturated heterocycles. The van der Waals surface area contributed by atoms with Crippen LogP contribution in [0.1, 0.15) is 17.0 Å². The van der Waals surface area contributed by atoms with Gasteiger partial charge < -0.3 is 18.6 Å². The minimum atomic E-state index is -0.474. The average Bonchev–Trinajstić information content (AvgIpc) is 3.11. The molecule has 2 aromatic carbocycles. The number of methoxy groups -OCH3 is 2. The highest BCUT2D eigenvalue weighted by Crippen LogP contribution is 2.28. The normalized spacial score (nSPS) is 10.8. The van der Waals surface area contributed by atoms with Crippen LogP contribution in [-0.2, 0) is 16.1 Å². The third-order valence-corrected chi connectivity index (χ3v) is 4.08. The van der Waals surface area contributed by atoms with Crippen molar-refractivity contribution in [2.75, 3.05) is 14.2 Å². The molecule has 0 spiro atoms. The van der Waals surface area contributed by atoms with Gasteiger partial charge in [0.05, 0.1) is 14.2 Å². The summed E-state index contributed by atoms with van der Waals surface area (Å²) in [5.74, 6) is 1.86. The monoisotopic (exact) mass is 379 g/mol. The van der Waals surface area contributed by atoms with E-state index in [1.165, 1.54) is 6.08 Å². The second-order valence-corrected chi connectivity index (χ2v) is 5.94. The van der Waals surface area contributed by atoms with Gasteiger partial charge in [-0.3, -0.25) is 0 Å². The Balaban J connectivity index is 1.62. The van der Waals surface area contributed by atoms with Gasteiger partial charge in [-0.05, 0) is 42.8 Å². The van der Waals surface area contributed by atoms with E-state index in [0.717, 1.165) is 11.1 Å². The molecule has 0 atom stereocenters. The molecule has 28 heavy (non-hydrogen) atoms. The van der Waals surface area contributed by atoms with E-state index in [0.29, 0.717) is 28.8 Å². The summed E-state index contributed by atoms with van der Waals surface area (Å²) in [6.07, 6.45) is 3.00. The molecule has 144 valence electrons. The molecular formula is C22H21NO5. The molecular weight excluding hydrogens is 358 g/mol. The van der Waals surface area contributed by atoms with Crippen molar-refractivity contribution in [1.29, 1.82) is 0 Å². The first-order chi connectivity index (χ1) is 13.6. The van der Waals surface area contributed by atoms with Gasteiger partial charge in [0.25, 0.3) is 0 Å². The molecule has 1 aromatic heterocycles. The minimum absolute atomic E-state index is 0.0390. The molecule has 0 aliphatic carbocycles. The maximum absolute atomic E-state index is 12.0. The molecule has 0 aliphatic rings. The van der Waals surface area contributed by atoms with E-state index in [1.54, 1.807) is 39.4 Å². The zero-order valence-electron chi connectivity index (χ0n) is 16.0. The van der Waals surface area contributed by atoms with Crippen molar-refractivity contribution in [3.05, 3.63) is 71.6 Å². The number of hydrogen-bond donors (Lipinski definition) is 0. The lowest BCUT2D eigenvalue weighted by Crippen LogP contribution is -2.02. The van der Waals surface area contributed by atoms with Gasteiger partial charge in [0.1, 0.15) is 18.1 Å². The zero-order valence-corrected chi connectivity index (χ0v) is 16.0. The number of benzene rings is 2. The SMILES string of the molecule is COc1ccc(/C=C/C(=O)OCc2nc(-c3ccccc3)oc2C)cc1OC. The average molecular weight is 379 g/mol. The Bertz CT molecular complexity index is 976. The number of hydrogen-bond acceptors (Lipinski definition) is 6. The van der Waals surface area contributed by atoms with Crippen LogP contribution in [0.15, 0.2) is 59.0 Å². The summed E-state index contributed by atoms with van der Waals surface area (Å²) >= 11 is 0. The third kappa shape index (κ3) is 4.59. The lowest BCUT2D eigenvalue weighted by atomic mass is 10.2. The second-order valence-electron chi connectivity index (χ2n) is 5.94. The maximum Gasteiger partial charge on any atom is 0.331 e. The molecule has 3 aromatic rings. The summed E-state index contributed by atoms with van der Waals surface area (Å²) in [4.78, 5) is 16.4. The molecule has 1 heterocycles. The summed E-state index contributed by atoms with van der Waals surface area (Å²) < 4.78 is 21.4. The number of aryl methyl sites for hydroxylation is 1. The summed E-state index contributed by atoms with van der Waals surface area (Å²) in [6, 6.07) is 14.9. The number of nitrogens with zero attached hydrogens (tertiary/aromatic N) is 1. The molecule has 0 amide bonds. The molecule has 0 aliphatic heterocycles. The highest BCUT2D eigenvalue weighted by atomic mass is 16.5. The summed E-state index contributed by atoms with van der Waals surface area (Å²) in [6.45, 7) is 1.83. The molecule has 3 rings (SSSR count). The Morgan fingerprint density at radius 2 is 1.82 bits per heavy atom. The van der Waals surface area contributed by atoms with E-state index in [9.17, 15) is 4.79 Å². The minimum Gasteiger partial charge on any atom is -0.493 e. The van der Waals surface area contributed by atoms with Gasteiger partial charge in [0.15, 0.2) is 11.5 Å². The van der Waals surface area contributed by atoms with Crippen LogP contribution in [0.4, 0.5) is 0 Å². The van der Waals surface area contributed by atoms with E-state index in [-0.39, 0.29) is 6.61 Å². The molecule has 0 bridgehead atoms. The predicted octanol–water partition coefficient (Wildman–Crippen LogP) is 4.42. The quantitative estimate of drug-likeness (QED) is 0.447. The number of aromatic nitrogens is 1. The van der Waals surface area contributed by atoms with E-state index in [2.05, 4.69) is 4.98 Å². The number of oxazole rings is 1. The van der Waals surface area contributed by atoms with Crippen LogP contribution in [0.2, 0.25) is 0 Å². The van der Waals surface area contributed by atoms with E-state index < -0.39 is 5.97 Å². The summed E-state index contributed by atoms with van der Waals surface area (Å²) in [5.41, 5.74) is 2.25. The van der Waals surface area contributed by atoms with Crippen molar-refractivity contribution < 1.29 is 23.4 Å². The molecule has 0 fully saturated rings. The Kier molecular flexibility index (Phi) is 6.11. The number of esters is 1. The van der Waals surface area contributed by atoms with Crippen molar-refractivity contribution >= 4 is 12.0 Å². The Morgan fingerprint density at radius 3 is 2.54 bits per heavy atom. The van der Waals surface area contributed by atoms with Crippen molar-refractivity contribution in [2.45, 2.75) is 13.5 Å². The van der Waals surface area contributed by atoms with Crippen LogP contribution in [0.3, 0.4) is 0 Å². The van der Waals surface area contributed by atoms with Crippen LogP contribution in [-0.4, -0.2) is 25.2 Å². The van der Waals surface area contributed by atoms with Gasteiger partial charge in [-0.1, -0.05) is 24.3 Å². The zero-order chi connectivity index (χ0) is 19.9. The second kappa shape index (κ2) is 8.90. The fourth-order valence-electron chi connectivity index (χ4n) is 2.57. The van der Waals surface area contributed by atoms with Gasteiger partial charge in [0, 0.05) is 11.6 Å². The van der Waals surface area contributed by atoms with E-state index >= 15 is 0 Å². The Labute approximate surface area is 163 Å².